The average molecular weight is 583 g/mol. The van der Waals surface area contributed by atoms with E-state index < -0.39 is 11.4 Å². The van der Waals surface area contributed by atoms with Crippen molar-refractivity contribution >= 4 is 5.97 Å². The summed E-state index contributed by atoms with van der Waals surface area (Å²) in [5, 5.41) is 18.5. The lowest BCUT2D eigenvalue weighted by atomic mass is 9.70. The van der Waals surface area contributed by atoms with E-state index in [0.717, 1.165) is 64.1 Å². The first-order valence-electron chi connectivity index (χ1n) is 15.3. The van der Waals surface area contributed by atoms with Crippen LogP contribution in [0.1, 0.15) is 58.9 Å². The molecule has 0 bridgehead atoms. The lowest BCUT2D eigenvalue weighted by Crippen LogP contribution is -2.47. The van der Waals surface area contributed by atoms with Gasteiger partial charge in [0.05, 0.1) is 11.5 Å². The standard InChI is InChI=1S/C26H34FN3O.C8H17NO2/c1-22(2)26(21-28,23-7-4-3-5-8-23)13-6-14-29-15-17-30(18-16-29)19-20-31-25-11-9-24(27)10-12-25;1-6(2)3-7(5-9)4-8(10)11/h3-5,7-12,22H,6,13-20H2,1-2H3;6-7H,3-5,9H2,1-2H3,(H,10,11)/t;7-/m.0/s1. The van der Waals surface area contributed by atoms with Crippen molar-refractivity contribution in [2.75, 3.05) is 52.4 Å². The van der Waals surface area contributed by atoms with Gasteiger partial charge in [0, 0.05) is 39.1 Å². The molecule has 0 aliphatic carbocycles. The Morgan fingerprint density at radius 2 is 1.62 bits per heavy atom. The minimum Gasteiger partial charge on any atom is -0.492 e. The van der Waals surface area contributed by atoms with Crippen LogP contribution in [0.2, 0.25) is 0 Å². The summed E-state index contributed by atoms with van der Waals surface area (Å²) in [6.07, 6.45) is 3.02. The Balaban J connectivity index is 0.000000476. The molecule has 0 saturated carbocycles. The molecule has 3 N–H and O–H groups in total. The highest BCUT2D eigenvalue weighted by Crippen LogP contribution is 2.36. The average Bonchev–Trinajstić information content (AvgIpc) is 2.97. The Morgan fingerprint density at radius 1 is 1.02 bits per heavy atom. The monoisotopic (exact) mass is 582 g/mol. The number of nitriles is 1. The van der Waals surface area contributed by atoms with Crippen molar-refractivity contribution < 1.29 is 19.0 Å². The third-order valence-electron chi connectivity index (χ3n) is 8.08. The molecular weight excluding hydrogens is 531 g/mol. The number of carbonyl (C=O) groups is 1. The largest absolute Gasteiger partial charge is 0.492 e. The molecule has 1 aliphatic heterocycles. The maximum atomic E-state index is 13.0. The zero-order valence-electron chi connectivity index (χ0n) is 26.0. The number of aliphatic carboxylic acids is 1. The summed E-state index contributed by atoms with van der Waals surface area (Å²) in [7, 11) is 0. The molecule has 2 aromatic rings. The number of rotatable bonds is 15. The van der Waals surface area contributed by atoms with E-state index in [0.29, 0.717) is 24.8 Å². The molecule has 2 atom stereocenters. The van der Waals surface area contributed by atoms with Gasteiger partial charge in [-0.15, -0.1) is 0 Å². The zero-order chi connectivity index (χ0) is 31.0. The number of halogens is 1. The van der Waals surface area contributed by atoms with Crippen LogP contribution in [0.15, 0.2) is 54.6 Å². The fourth-order valence-corrected chi connectivity index (χ4v) is 5.57. The summed E-state index contributed by atoms with van der Waals surface area (Å²) in [4.78, 5) is 15.2. The predicted molar refractivity (Wildman–Crippen MR) is 167 cm³/mol. The van der Waals surface area contributed by atoms with Crippen LogP contribution in [0.4, 0.5) is 4.39 Å². The van der Waals surface area contributed by atoms with Crippen molar-refractivity contribution in [2.45, 2.75) is 58.8 Å². The Hall–Kier alpha value is -2.99. The summed E-state index contributed by atoms with van der Waals surface area (Å²) < 4.78 is 18.7. The second-order valence-corrected chi connectivity index (χ2v) is 12.0. The predicted octanol–water partition coefficient (Wildman–Crippen LogP) is 5.80. The third kappa shape index (κ3) is 12.1. The van der Waals surface area contributed by atoms with Gasteiger partial charge in [0.2, 0.25) is 0 Å². The maximum Gasteiger partial charge on any atom is 0.303 e. The Bertz CT molecular complexity index is 1070. The third-order valence-corrected chi connectivity index (χ3v) is 8.08. The van der Waals surface area contributed by atoms with E-state index in [1.165, 1.54) is 12.1 Å². The van der Waals surface area contributed by atoms with Crippen LogP contribution in [0, 0.1) is 34.9 Å². The molecule has 0 spiro atoms. The number of carboxylic acid groups (broad SMARTS) is 1. The fourth-order valence-electron chi connectivity index (χ4n) is 5.57. The topological polar surface area (TPSA) is 103 Å². The number of hydrogen-bond donors (Lipinski definition) is 2. The molecule has 3 rings (SSSR count). The van der Waals surface area contributed by atoms with Gasteiger partial charge in [0.15, 0.2) is 0 Å². The summed E-state index contributed by atoms with van der Waals surface area (Å²) in [5.74, 6) is 0.673. The lowest BCUT2D eigenvalue weighted by molar-refractivity contribution is -0.138. The molecular formula is C34H51FN4O3. The maximum absolute atomic E-state index is 13.0. The molecule has 0 amide bonds. The highest BCUT2D eigenvalue weighted by Gasteiger charge is 2.35. The minimum atomic E-state index is -0.749. The Morgan fingerprint density at radius 3 is 2.12 bits per heavy atom. The zero-order valence-corrected chi connectivity index (χ0v) is 26.0. The van der Waals surface area contributed by atoms with Crippen LogP contribution in [-0.2, 0) is 10.2 Å². The number of nitrogens with two attached hydrogens (primary N) is 1. The number of carboxylic acids is 1. The number of ether oxygens (including phenoxy) is 1. The van der Waals surface area contributed by atoms with E-state index in [2.05, 4.69) is 55.7 Å². The molecule has 8 heteroatoms. The highest BCUT2D eigenvalue weighted by molar-refractivity contribution is 5.67. The van der Waals surface area contributed by atoms with E-state index in [1.54, 1.807) is 12.1 Å². The Kier molecular flexibility index (Phi) is 15.5. The Labute approximate surface area is 252 Å². The second-order valence-electron chi connectivity index (χ2n) is 12.0. The van der Waals surface area contributed by atoms with E-state index in [1.807, 2.05) is 18.2 Å². The van der Waals surface area contributed by atoms with E-state index >= 15 is 0 Å². The van der Waals surface area contributed by atoms with Crippen LogP contribution in [0.25, 0.3) is 0 Å². The normalized spacial score (nSPS) is 16.3. The smallest absolute Gasteiger partial charge is 0.303 e. The molecule has 1 saturated heterocycles. The molecule has 232 valence electrons. The molecule has 1 unspecified atom stereocenters. The van der Waals surface area contributed by atoms with Crippen molar-refractivity contribution in [1.82, 2.24) is 9.80 Å². The van der Waals surface area contributed by atoms with Crippen LogP contribution in [0.3, 0.4) is 0 Å². The van der Waals surface area contributed by atoms with Crippen molar-refractivity contribution in [1.29, 1.82) is 5.26 Å². The molecule has 1 aliphatic rings. The lowest BCUT2D eigenvalue weighted by Gasteiger charge is -2.36. The van der Waals surface area contributed by atoms with Crippen LogP contribution >= 0.6 is 0 Å². The minimum absolute atomic E-state index is 0.146. The van der Waals surface area contributed by atoms with Crippen LogP contribution in [0.5, 0.6) is 5.75 Å². The second kappa shape index (κ2) is 18.5. The van der Waals surface area contributed by atoms with E-state index in [9.17, 15) is 14.4 Å². The quantitative estimate of drug-likeness (QED) is 0.274. The van der Waals surface area contributed by atoms with Gasteiger partial charge in [-0.3, -0.25) is 9.69 Å². The van der Waals surface area contributed by atoms with Crippen LogP contribution in [-0.4, -0.2) is 73.3 Å². The molecule has 1 fully saturated rings. The summed E-state index contributed by atoms with van der Waals surface area (Å²) in [6, 6.07) is 19.1. The summed E-state index contributed by atoms with van der Waals surface area (Å²) >= 11 is 0. The highest BCUT2D eigenvalue weighted by atomic mass is 19.1. The van der Waals surface area contributed by atoms with Gasteiger partial charge in [-0.25, -0.2) is 4.39 Å². The molecule has 0 radical (unpaired) electrons. The van der Waals surface area contributed by atoms with Crippen molar-refractivity contribution in [3.05, 3.63) is 66.0 Å². The van der Waals surface area contributed by atoms with Gasteiger partial charge in [0.1, 0.15) is 18.2 Å². The van der Waals surface area contributed by atoms with E-state index in [4.69, 9.17) is 15.6 Å². The van der Waals surface area contributed by atoms with Gasteiger partial charge in [0.25, 0.3) is 0 Å². The van der Waals surface area contributed by atoms with Gasteiger partial charge in [-0.05, 0) is 79.9 Å². The van der Waals surface area contributed by atoms with Gasteiger partial charge in [-0.2, -0.15) is 5.26 Å². The molecule has 0 aromatic heterocycles. The van der Waals surface area contributed by atoms with Gasteiger partial charge in [-0.1, -0.05) is 58.0 Å². The van der Waals surface area contributed by atoms with Crippen molar-refractivity contribution in [3.63, 3.8) is 0 Å². The first kappa shape index (κ1) is 35.2. The molecule has 2 aromatic carbocycles. The first-order valence-corrected chi connectivity index (χ1v) is 15.3. The summed E-state index contributed by atoms with van der Waals surface area (Å²) in [6.45, 7) is 15.6. The van der Waals surface area contributed by atoms with Crippen molar-refractivity contribution in [3.8, 4) is 11.8 Å². The number of nitrogens with zero attached hydrogens (tertiary/aromatic N) is 3. The number of piperazine rings is 1. The van der Waals surface area contributed by atoms with Gasteiger partial charge >= 0.3 is 5.97 Å². The van der Waals surface area contributed by atoms with Crippen molar-refractivity contribution in [2.24, 2.45) is 23.5 Å². The molecule has 7 nitrogen and oxygen atoms in total. The summed E-state index contributed by atoms with van der Waals surface area (Å²) in [5.41, 5.74) is 6.13. The fraction of sp³-hybridized carbons (Fsp3) is 0.588. The SMILES string of the molecule is CC(C)C(C#N)(CCCN1CCN(CCOc2ccc(F)cc2)CC1)c1ccccc1.CC(C)C[C@H](CN)CC(=O)O. The van der Waals surface area contributed by atoms with Gasteiger partial charge < -0.3 is 20.5 Å². The number of benzene rings is 2. The van der Waals surface area contributed by atoms with Crippen LogP contribution < -0.4 is 10.5 Å². The van der Waals surface area contributed by atoms with E-state index in [-0.39, 0.29) is 24.1 Å². The molecule has 1 heterocycles. The number of hydrogen-bond acceptors (Lipinski definition) is 6. The molecule has 42 heavy (non-hydrogen) atoms. The first-order chi connectivity index (χ1) is 20.1.